The van der Waals surface area contributed by atoms with Crippen molar-refractivity contribution in [3.05, 3.63) is 113 Å². The molecular formula is C30H25F3O2. The minimum Gasteiger partial charge on any atom is -0.505 e. The predicted octanol–water partition coefficient (Wildman–Crippen LogP) is 8.15. The lowest BCUT2D eigenvalue weighted by Gasteiger charge is -2.11. The van der Waals surface area contributed by atoms with Crippen molar-refractivity contribution in [1.29, 1.82) is 0 Å². The maximum Gasteiger partial charge on any atom is 0.167 e. The van der Waals surface area contributed by atoms with E-state index in [0.717, 1.165) is 23.1 Å². The van der Waals surface area contributed by atoms with Crippen LogP contribution < -0.4 is 0 Å². The smallest absolute Gasteiger partial charge is 0.167 e. The Morgan fingerprint density at radius 1 is 0.743 bits per heavy atom. The molecule has 0 bridgehead atoms. The Balaban J connectivity index is 1.52. The number of aliphatic hydroxyl groups excluding tert-OH is 1. The van der Waals surface area contributed by atoms with Gasteiger partial charge < -0.3 is 10.2 Å². The van der Waals surface area contributed by atoms with Gasteiger partial charge in [0.05, 0.1) is 6.10 Å². The summed E-state index contributed by atoms with van der Waals surface area (Å²) in [6.07, 6.45) is 4.09. The fourth-order valence-corrected chi connectivity index (χ4v) is 3.90. The molecule has 1 unspecified atom stereocenters. The van der Waals surface area contributed by atoms with Gasteiger partial charge in [0.15, 0.2) is 23.2 Å². The van der Waals surface area contributed by atoms with Crippen LogP contribution in [0.5, 0.6) is 5.75 Å². The second-order valence-corrected chi connectivity index (χ2v) is 8.38. The largest absolute Gasteiger partial charge is 0.505 e. The van der Waals surface area contributed by atoms with Gasteiger partial charge in [0, 0.05) is 11.1 Å². The molecule has 0 fully saturated rings. The summed E-state index contributed by atoms with van der Waals surface area (Å²) in [6, 6.07) is 21.2. The Morgan fingerprint density at radius 3 is 2.06 bits per heavy atom. The Hall–Kier alpha value is -3.83. The zero-order chi connectivity index (χ0) is 24.9. The average Bonchev–Trinajstić information content (AvgIpc) is 2.87. The number of hydrogen-bond donors (Lipinski definition) is 2. The van der Waals surface area contributed by atoms with E-state index in [2.05, 4.69) is 0 Å². The molecule has 0 amide bonds. The van der Waals surface area contributed by atoms with Gasteiger partial charge in [-0.1, -0.05) is 92.2 Å². The average molecular weight is 475 g/mol. The van der Waals surface area contributed by atoms with E-state index in [9.17, 15) is 23.4 Å². The Labute approximate surface area is 202 Å². The van der Waals surface area contributed by atoms with Crippen LogP contribution in [0.1, 0.15) is 42.6 Å². The van der Waals surface area contributed by atoms with Crippen molar-refractivity contribution in [2.24, 2.45) is 0 Å². The Morgan fingerprint density at radius 2 is 1.40 bits per heavy atom. The van der Waals surface area contributed by atoms with Crippen molar-refractivity contribution in [3.63, 3.8) is 0 Å². The van der Waals surface area contributed by atoms with Crippen LogP contribution in [0.15, 0.2) is 78.9 Å². The first kappa shape index (κ1) is 24.3. The number of benzene rings is 4. The van der Waals surface area contributed by atoms with Crippen LogP contribution >= 0.6 is 0 Å². The van der Waals surface area contributed by atoms with Gasteiger partial charge in [-0.25, -0.2) is 13.2 Å². The third kappa shape index (κ3) is 5.47. The van der Waals surface area contributed by atoms with Crippen molar-refractivity contribution in [2.75, 3.05) is 0 Å². The van der Waals surface area contributed by atoms with Gasteiger partial charge in [0.25, 0.3) is 0 Å². The molecule has 0 aliphatic heterocycles. The molecule has 0 spiro atoms. The summed E-state index contributed by atoms with van der Waals surface area (Å²) in [7, 11) is 0. The van der Waals surface area contributed by atoms with Gasteiger partial charge in [-0.3, -0.25) is 0 Å². The van der Waals surface area contributed by atoms with E-state index < -0.39 is 29.3 Å². The van der Waals surface area contributed by atoms with Crippen LogP contribution in [-0.4, -0.2) is 10.2 Å². The third-order valence-corrected chi connectivity index (χ3v) is 5.93. The molecule has 2 N–H and O–H groups in total. The highest BCUT2D eigenvalue weighted by Gasteiger charge is 2.14. The van der Waals surface area contributed by atoms with E-state index in [1.54, 1.807) is 60.7 Å². The summed E-state index contributed by atoms with van der Waals surface area (Å²) in [5.41, 5.74) is 3.69. The van der Waals surface area contributed by atoms with Gasteiger partial charge in [0.2, 0.25) is 0 Å². The van der Waals surface area contributed by atoms with Gasteiger partial charge in [-0.15, -0.1) is 0 Å². The van der Waals surface area contributed by atoms with E-state index in [0.29, 0.717) is 17.5 Å². The molecule has 0 radical (unpaired) electrons. The molecule has 0 heterocycles. The third-order valence-electron chi connectivity index (χ3n) is 5.93. The molecule has 4 aromatic rings. The van der Waals surface area contributed by atoms with Crippen molar-refractivity contribution in [2.45, 2.75) is 25.9 Å². The summed E-state index contributed by atoms with van der Waals surface area (Å²) in [5, 5.41) is 19.4. The summed E-state index contributed by atoms with van der Waals surface area (Å²) >= 11 is 0. The molecular weight excluding hydrogens is 449 g/mol. The van der Waals surface area contributed by atoms with Crippen LogP contribution in [0, 0.1) is 17.5 Å². The second kappa shape index (κ2) is 10.6. The monoisotopic (exact) mass is 474 g/mol. The zero-order valence-corrected chi connectivity index (χ0v) is 19.2. The molecule has 1 atom stereocenters. The number of aliphatic hydroxyl groups is 1. The van der Waals surface area contributed by atoms with Gasteiger partial charge >= 0.3 is 0 Å². The minimum absolute atomic E-state index is 0.117. The molecule has 35 heavy (non-hydrogen) atoms. The fraction of sp³-hybridized carbons (Fsp3) is 0.133. The van der Waals surface area contributed by atoms with E-state index in [1.807, 2.05) is 6.92 Å². The highest BCUT2D eigenvalue weighted by atomic mass is 19.2. The van der Waals surface area contributed by atoms with Gasteiger partial charge in [0.1, 0.15) is 0 Å². The summed E-state index contributed by atoms with van der Waals surface area (Å²) in [5.74, 6) is -2.97. The lowest BCUT2D eigenvalue weighted by Crippen LogP contribution is -1.97. The topological polar surface area (TPSA) is 40.5 Å². The minimum atomic E-state index is -0.940. The van der Waals surface area contributed by atoms with Crippen LogP contribution in [0.25, 0.3) is 34.4 Å². The molecule has 0 aromatic heterocycles. The Kier molecular flexibility index (Phi) is 7.37. The number of aromatic hydroxyl groups is 1. The van der Waals surface area contributed by atoms with E-state index in [4.69, 9.17) is 0 Å². The van der Waals surface area contributed by atoms with E-state index in [1.165, 1.54) is 30.3 Å². The number of rotatable bonds is 7. The lowest BCUT2D eigenvalue weighted by molar-refractivity contribution is 0.166. The van der Waals surface area contributed by atoms with Gasteiger partial charge in [-0.05, 0) is 46.4 Å². The van der Waals surface area contributed by atoms with Crippen molar-refractivity contribution in [3.8, 4) is 28.0 Å². The standard InChI is InChI=1S/C30H25F3O2/c1-2-3-27(34)22-12-10-21(11-13-22)25-16-14-23(29(32)30(25)33)9-6-19-4-7-20(8-5-19)24-15-17-28(35)26(31)18-24/h4-18,27,34-35H,2-3H2,1H3/b9-6+. The fourth-order valence-electron chi connectivity index (χ4n) is 3.90. The highest BCUT2D eigenvalue weighted by Crippen LogP contribution is 2.30. The van der Waals surface area contributed by atoms with Crippen molar-refractivity contribution < 1.29 is 23.4 Å². The van der Waals surface area contributed by atoms with E-state index >= 15 is 0 Å². The van der Waals surface area contributed by atoms with Crippen LogP contribution in [0.3, 0.4) is 0 Å². The summed E-state index contributed by atoms with van der Waals surface area (Å²) in [4.78, 5) is 0. The van der Waals surface area contributed by atoms with Crippen molar-refractivity contribution in [1.82, 2.24) is 0 Å². The number of hydrogen-bond acceptors (Lipinski definition) is 2. The number of phenols is 1. The summed E-state index contributed by atoms with van der Waals surface area (Å²) < 4.78 is 43.2. The van der Waals surface area contributed by atoms with Crippen LogP contribution in [-0.2, 0) is 0 Å². The molecule has 0 saturated heterocycles. The molecule has 0 saturated carbocycles. The first-order chi connectivity index (χ1) is 16.9. The molecule has 178 valence electrons. The van der Waals surface area contributed by atoms with Crippen LogP contribution in [0.4, 0.5) is 13.2 Å². The highest BCUT2D eigenvalue weighted by molar-refractivity contribution is 5.74. The first-order valence-corrected chi connectivity index (χ1v) is 11.4. The lowest BCUT2D eigenvalue weighted by atomic mass is 9.98. The normalized spacial score (nSPS) is 12.3. The van der Waals surface area contributed by atoms with Crippen LogP contribution in [0.2, 0.25) is 0 Å². The maximum atomic E-state index is 14.8. The predicted molar refractivity (Wildman–Crippen MR) is 134 cm³/mol. The quantitative estimate of drug-likeness (QED) is 0.265. The van der Waals surface area contributed by atoms with Crippen molar-refractivity contribution >= 4 is 12.2 Å². The molecule has 0 aliphatic carbocycles. The maximum absolute atomic E-state index is 14.8. The molecule has 0 aliphatic rings. The van der Waals surface area contributed by atoms with E-state index in [-0.39, 0.29) is 11.1 Å². The number of phenolic OH excluding ortho intramolecular Hbond substituents is 1. The Bertz CT molecular complexity index is 1340. The molecule has 4 rings (SSSR count). The molecule has 2 nitrogen and oxygen atoms in total. The molecule has 4 aromatic carbocycles. The summed E-state index contributed by atoms with van der Waals surface area (Å²) in [6.45, 7) is 1.99. The number of halogens is 3. The van der Waals surface area contributed by atoms with Gasteiger partial charge in [-0.2, -0.15) is 0 Å². The zero-order valence-electron chi connectivity index (χ0n) is 19.2. The molecule has 5 heteroatoms. The first-order valence-electron chi connectivity index (χ1n) is 11.4. The SMILES string of the molecule is CCCC(O)c1ccc(-c2ccc(/C=C/c3ccc(-c4ccc(O)c(F)c4)cc3)c(F)c2F)cc1. The second-order valence-electron chi connectivity index (χ2n) is 8.38.